The average Bonchev–Trinajstić information content (AvgIpc) is 2.65. The van der Waals surface area contributed by atoms with Crippen LogP contribution in [0.25, 0.3) is 5.69 Å². The van der Waals surface area contributed by atoms with Crippen LogP contribution in [0.2, 0.25) is 0 Å². The van der Waals surface area contributed by atoms with Gasteiger partial charge >= 0.3 is 5.97 Å². The summed E-state index contributed by atoms with van der Waals surface area (Å²) in [5, 5.41) is 13.8. The van der Waals surface area contributed by atoms with Crippen molar-refractivity contribution in [2.45, 2.75) is 46.0 Å². The highest BCUT2D eigenvalue weighted by Gasteiger charge is 2.24. The molecule has 110 valence electrons. The van der Waals surface area contributed by atoms with Crippen molar-refractivity contribution >= 4 is 5.97 Å². The number of fused-ring (bicyclic) bond motifs is 1. The monoisotopic (exact) mass is 284 g/mol. The molecule has 1 heterocycles. The lowest BCUT2D eigenvalue weighted by Crippen LogP contribution is -2.04. The molecular weight excluding hydrogens is 264 g/mol. The lowest BCUT2D eigenvalue weighted by Gasteiger charge is -2.09. The van der Waals surface area contributed by atoms with Gasteiger partial charge in [0, 0.05) is 11.3 Å². The van der Waals surface area contributed by atoms with Crippen LogP contribution < -0.4 is 0 Å². The molecule has 0 atom stereocenters. The maximum Gasteiger partial charge on any atom is 0.356 e. The van der Waals surface area contributed by atoms with E-state index in [9.17, 15) is 9.90 Å². The number of rotatable bonds is 2. The van der Waals surface area contributed by atoms with Crippen LogP contribution in [0.4, 0.5) is 0 Å². The summed E-state index contributed by atoms with van der Waals surface area (Å²) in [5.41, 5.74) is 5.62. The van der Waals surface area contributed by atoms with Crippen LogP contribution in [-0.2, 0) is 12.8 Å². The fourth-order valence-corrected chi connectivity index (χ4v) is 3.02. The molecule has 4 nitrogen and oxygen atoms in total. The van der Waals surface area contributed by atoms with E-state index in [1.165, 1.54) is 11.1 Å². The average molecular weight is 284 g/mol. The normalized spacial score (nSPS) is 14.6. The van der Waals surface area contributed by atoms with E-state index in [0.717, 1.165) is 49.0 Å². The third-order valence-electron chi connectivity index (χ3n) is 4.37. The molecule has 0 amide bonds. The van der Waals surface area contributed by atoms with Gasteiger partial charge in [-0.05, 0) is 62.8 Å². The third-order valence-corrected chi connectivity index (χ3v) is 4.37. The molecule has 0 saturated heterocycles. The minimum Gasteiger partial charge on any atom is -0.476 e. The highest BCUT2D eigenvalue weighted by Crippen LogP contribution is 2.27. The zero-order valence-corrected chi connectivity index (χ0v) is 12.5. The van der Waals surface area contributed by atoms with E-state index in [1.807, 2.05) is 10.7 Å². The van der Waals surface area contributed by atoms with Crippen molar-refractivity contribution in [1.29, 1.82) is 0 Å². The molecular formula is C17H20N2O2. The molecule has 0 unspecified atom stereocenters. The number of carboxylic acids is 1. The zero-order chi connectivity index (χ0) is 15.0. The molecule has 0 saturated carbocycles. The molecule has 0 bridgehead atoms. The Bertz CT molecular complexity index is 701. The lowest BCUT2D eigenvalue weighted by molar-refractivity contribution is 0.0688. The highest BCUT2D eigenvalue weighted by atomic mass is 16.4. The number of aromatic carboxylic acids is 1. The SMILES string of the molecule is Cc1ccc(-n2nc(C(=O)O)c3c2CCCCC3)cc1C. The molecule has 2 aromatic rings. The Morgan fingerprint density at radius 3 is 2.62 bits per heavy atom. The summed E-state index contributed by atoms with van der Waals surface area (Å²) in [6.45, 7) is 4.14. The molecule has 0 fully saturated rings. The van der Waals surface area contributed by atoms with Crippen molar-refractivity contribution in [3.05, 3.63) is 46.3 Å². The van der Waals surface area contributed by atoms with Crippen LogP contribution >= 0.6 is 0 Å². The maximum absolute atomic E-state index is 11.5. The maximum atomic E-state index is 11.5. The van der Waals surface area contributed by atoms with Gasteiger partial charge in [-0.25, -0.2) is 9.48 Å². The van der Waals surface area contributed by atoms with Crippen LogP contribution in [0.3, 0.4) is 0 Å². The van der Waals surface area contributed by atoms with Crippen LogP contribution in [0, 0.1) is 13.8 Å². The molecule has 4 heteroatoms. The molecule has 1 aromatic heterocycles. The van der Waals surface area contributed by atoms with Gasteiger partial charge in [-0.2, -0.15) is 5.10 Å². The summed E-state index contributed by atoms with van der Waals surface area (Å²) in [4.78, 5) is 11.5. The van der Waals surface area contributed by atoms with Gasteiger partial charge in [0.2, 0.25) is 0 Å². The second-order valence-corrected chi connectivity index (χ2v) is 5.82. The number of benzene rings is 1. The standard InChI is InChI=1S/C17H20N2O2/c1-11-8-9-13(10-12(11)2)19-15-7-5-3-4-6-14(15)16(18-19)17(20)21/h8-10H,3-7H2,1-2H3,(H,20,21). The first kappa shape index (κ1) is 13.9. The van der Waals surface area contributed by atoms with Crippen molar-refractivity contribution < 1.29 is 9.90 Å². The first-order valence-electron chi connectivity index (χ1n) is 7.49. The molecule has 1 aliphatic rings. The largest absolute Gasteiger partial charge is 0.476 e. The number of hydrogen-bond acceptors (Lipinski definition) is 2. The number of carboxylic acid groups (broad SMARTS) is 1. The second-order valence-electron chi connectivity index (χ2n) is 5.82. The molecule has 0 spiro atoms. The van der Waals surface area contributed by atoms with Gasteiger partial charge in [-0.15, -0.1) is 0 Å². The lowest BCUT2D eigenvalue weighted by atomic mass is 10.1. The molecule has 1 aromatic carbocycles. The summed E-state index contributed by atoms with van der Waals surface area (Å²) < 4.78 is 1.84. The molecule has 1 aliphatic carbocycles. The van der Waals surface area contributed by atoms with Crippen molar-refractivity contribution in [3.63, 3.8) is 0 Å². The van der Waals surface area contributed by atoms with Crippen molar-refractivity contribution in [2.75, 3.05) is 0 Å². The second kappa shape index (κ2) is 5.35. The molecule has 1 N–H and O–H groups in total. The number of carbonyl (C=O) groups is 1. The van der Waals surface area contributed by atoms with Crippen molar-refractivity contribution in [3.8, 4) is 5.69 Å². The van der Waals surface area contributed by atoms with E-state index < -0.39 is 5.97 Å². The van der Waals surface area contributed by atoms with Crippen LogP contribution in [-0.4, -0.2) is 20.9 Å². The van der Waals surface area contributed by atoms with Gasteiger partial charge in [0.25, 0.3) is 0 Å². The molecule has 3 rings (SSSR count). The van der Waals surface area contributed by atoms with Gasteiger partial charge in [-0.3, -0.25) is 0 Å². The first-order valence-corrected chi connectivity index (χ1v) is 7.49. The van der Waals surface area contributed by atoms with Gasteiger partial charge < -0.3 is 5.11 Å². The molecule has 21 heavy (non-hydrogen) atoms. The fraction of sp³-hybridized carbons (Fsp3) is 0.412. The minimum absolute atomic E-state index is 0.227. The number of aryl methyl sites for hydroxylation is 2. The summed E-state index contributed by atoms with van der Waals surface area (Å²) in [6, 6.07) is 6.17. The Labute approximate surface area is 124 Å². The van der Waals surface area contributed by atoms with Gasteiger partial charge in [0.15, 0.2) is 5.69 Å². The van der Waals surface area contributed by atoms with Crippen molar-refractivity contribution in [2.24, 2.45) is 0 Å². The minimum atomic E-state index is -0.921. The number of nitrogens with zero attached hydrogens (tertiary/aromatic N) is 2. The fourth-order valence-electron chi connectivity index (χ4n) is 3.02. The summed E-state index contributed by atoms with van der Waals surface area (Å²) in [7, 11) is 0. The Kier molecular flexibility index (Phi) is 3.53. The Morgan fingerprint density at radius 2 is 1.90 bits per heavy atom. The van der Waals surface area contributed by atoms with E-state index in [-0.39, 0.29) is 5.69 Å². The summed E-state index contributed by atoms with van der Waals surface area (Å²) in [6.07, 6.45) is 5.03. The van der Waals surface area contributed by atoms with E-state index in [2.05, 4.69) is 31.1 Å². The Hall–Kier alpha value is -2.10. The number of aromatic nitrogens is 2. The third kappa shape index (κ3) is 2.46. The molecule has 0 aliphatic heterocycles. The van der Waals surface area contributed by atoms with E-state index in [4.69, 9.17) is 0 Å². The molecule has 0 radical (unpaired) electrons. The van der Waals surface area contributed by atoms with Crippen LogP contribution in [0.15, 0.2) is 18.2 Å². The predicted molar refractivity (Wildman–Crippen MR) is 81.3 cm³/mol. The van der Waals surface area contributed by atoms with E-state index in [0.29, 0.717) is 0 Å². The summed E-state index contributed by atoms with van der Waals surface area (Å²) in [5.74, 6) is -0.921. The van der Waals surface area contributed by atoms with E-state index in [1.54, 1.807) is 0 Å². The van der Waals surface area contributed by atoms with Gasteiger partial charge in [0.05, 0.1) is 5.69 Å². The van der Waals surface area contributed by atoms with E-state index >= 15 is 0 Å². The Morgan fingerprint density at radius 1 is 1.14 bits per heavy atom. The highest BCUT2D eigenvalue weighted by molar-refractivity contribution is 5.87. The first-order chi connectivity index (χ1) is 10.1. The summed E-state index contributed by atoms with van der Waals surface area (Å²) >= 11 is 0. The van der Waals surface area contributed by atoms with Gasteiger partial charge in [-0.1, -0.05) is 12.5 Å². The Balaban J connectivity index is 2.17. The predicted octanol–water partition coefficient (Wildman–Crippen LogP) is 3.46. The zero-order valence-electron chi connectivity index (χ0n) is 12.5. The smallest absolute Gasteiger partial charge is 0.356 e. The van der Waals surface area contributed by atoms with Crippen molar-refractivity contribution in [1.82, 2.24) is 9.78 Å². The van der Waals surface area contributed by atoms with Crippen LogP contribution in [0.5, 0.6) is 0 Å². The number of hydrogen-bond donors (Lipinski definition) is 1. The van der Waals surface area contributed by atoms with Crippen LogP contribution in [0.1, 0.15) is 52.1 Å². The van der Waals surface area contributed by atoms with Gasteiger partial charge in [0.1, 0.15) is 0 Å². The topological polar surface area (TPSA) is 55.1 Å². The quantitative estimate of drug-likeness (QED) is 0.859.